The van der Waals surface area contributed by atoms with Crippen molar-refractivity contribution in [1.82, 2.24) is 15.0 Å². The number of aromatic nitrogens is 3. The number of benzene rings is 11. The van der Waals surface area contributed by atoms with E-state index in [-0.39, 0.29) is 20.1 Å². The van der Waals surface area contributed by atoms with Crippen molar-refractivity contribution in [3.63, 3.8) is 0 Å². The summed E-state index contributed by atoms with van der Waals surface area (Å²) >= 11 is 0. The summed E-state index contributed by atoms with van der Waals surface area (Å²) in [6.45, 7) is 0. The minimum Gasteiger partial charge on any atom is -0.305 e. The maximum absolute atomic E-state index is 5.09. The van der Waals surface area contributed by atoms with Gasteiger partial charge in [-0.2, -0.15) is 0 Å². The van der Waals surface area contributed by atoms with Crippen LogP contribution in [-0.4, -0.2) is 15.0 Å². The first kappa shape index (κ1) is 50.5. The van der Waals surface area contributed by atoms with Crippen LogP contribution in [0.3, 0.4) is 0 Å². The molecule has 14 aromatic rings. The molecule has 380 valence electrons. The Morgan fingerprint density at radius 3 is 1.19 bits per heavy atom. The van der Waals surface area contributed by atoms with Gasteiger partial charge in [0.05, 0.1) is 0 Å². The molecule has 0 saturated carbocycles. The van der Waals surface area contributed by atoms with Crippen LogP contribution in [0.1, 0.15) is 0 Å². The Balaban J connectivity index is 0.00000618. The van der Waals surface area contributed by atoms with Gasteiger partial charge in [-0.15, -0.1) is 77.2 Å². The number of pyridine rings is 3. The molecule has 0 saturated heterocycles. The first-order valence-electron chi connectivity index (χ1n) is 27.0. The normalized spacial score (nSPS) is 11.1. The predicted molar refractivity (Wildman–Crippen MR) is 331 cm³/mol. The molecule has 11 aromatic carbocycles. The molecule has 81 heavy (non-hydrogen) atoms. The van der Waals surface area contributed by atoms with Crippen molar-refractivity contribution >= 4 is 21.7 Å². The largest absolute Gasteiger partial charge is 3.00 e. The summed E-state index contributed by atoms with van der Waals surface area (Å²) in [5.41, 5.74) is 24.7. The van der Waals surface area contributed by atoms with Gasteiger partial charge in [0.25, 0.3) is 0 Å². The van der Waals surface area contributed by atoms with Gasteiger partial charge in [0.15, 0.2) is 0 Å². The van der Waals surface area contributed by atoms with Crippen molar-refractivity contribution in [2.75, 3.05) is 0 Å². The van der Waals surface area contributed by atoms with Gasteiger partial charge >= 0.3 is 20.1 Å². The zero-order valence-electron chi connectivity index (χ0n) is 43.9. The summed E-state index contributed by atoms with van der Waals surface area (Å²) in [5, 5.41) is 3.16. The Bertz CT molecular complexity index is 4380. The molecule has 4 heteroatoms. The number of rotatable bonds is 11. The van der Waals surface area contributed by atoms with Gasteiger partial charge in [-0.1, -0.05) is 238 Å². The third-order valence-electron chi connectivity index (χ3n) is 15.2. The van der Waals surface area contributed by atoms with E-state index >= 15 is 0 Å². The monoisotopic (exact) mass is 1210 g/mol. The first-order valence-corrected chi connectivity index (χ1v) is 27.0. The van der Waals surface area contributed by atoms with Gasteiger partial charge in [-0.25, -0.2) is 0 Å². The SMILES string of the molecule is [Ir+3].[c-]1cc(-c2ccccc2-c2cc(-c3ccccc3-c3c[c-]c(-c4ccccn4)cc3)cc(-c3ccccc3-c3c[c-]c4c(ccc5c(-c6ccc(-c7ccccc7)cc6)ccnc54)c3-c3ccccc3)c2)ccc1-c1ccccn1. The Labute approximate surface area is 486 Å². The zero-order chi connectivity index (χ0) is 53.2. The number of hydrogen-bond donors (Lipinski definition) is 0. The summed E-state index contributed by atoms with van der Waals surface area (Å²) in [6, 6.07) is 108. The summed E-state index contributed by atoms with van der Waals surface area (Å²) in [4.78, 5) is 14.3. The molecule has 14 rings (SSSR count). The van der Waals surface area contributed by atoms with Crippen LogP contribution in [0, 0.1) is 18.2 Å². The molecule has 0 atom stereocenters. The summed E-state index contributed by atoms with van der Waals surface area (Å²) in [5.74, 6) is 0. The van der Waals surface area contributed by atoms with Gasteiger partial charge in [-0.05, 0) is 120 Å². The summed E-state index contributed by atoms with van der Waals surface area (Å²) in [6.07, 6.45) is 5.59. The molecule has 0 bridgehead atoms. The van der Waals surface area contributed by atoms with E-state index in [9.17, 15) is 0 Å². The van der Waals surface area contributed by atoms with Gasteiger partial charge in [0, 0.05) is 18.6 Å². The fourth-order valence-electron chi connectivity index (χ4n) is 11.4. The Morgan fingerprint density at radius 2 is 0.679 bits per heavy atom. The molecular formula is C77H48IrN3. The van der Waals surface area contributed by atoms with E-state index in [0.29, 0.717) is 0 Å². The van der Waals surface area contributed by atoms with E-state index in [0.717, 1.165) is 133 Å². The average molecular weight is 1210 g/mol. The molecule has 0 unspecified atom stereocenters. The number of fused-ring (bicyclic) bond motifs is 3. The molecule has 0 radical (unpaired) electrons. The van der Waals surface area contributed by atoms with Crippen molar-refractivity contribution in [2.24, 2.45) is 0 Å². The predicted octanol–water partition coefficient (Wildman–Crippen LogP) is 19.9. The van der Waals surface area contributed by atoms with Gasteiger partial charge in [0.2, 0.25) is 0 Å². The number of hydrogen-bond acceptors (Lipinski definition) is 3. The van der Waals surface area contributed by atoms with E-state index in [2.05, 4.69) is 265 Å². The molecule has 0 aliphatic carbocycles. The number of nitrogens with zero attached hydrogens (tertiary/aromatic N) is 3. The third-order valence-corrected chi connectivity index (χ3v) is 15.2. The second-order valence-corrected chi connectivity index (χ2v) is 20.0. The molecule has 3 nitrogen and oxygen atoms in total. The van der Waals surface area contributed by atoms with Crippen LogP contribution < -0.4 is 0 Å². The van der Waals surface area contributed by atoms with E-state index in [1.165, 1.54) is 11.1 Å². The smallest absolute Gasteiger partial charge is 0.305 e. The van der Waals surface area contributed by atoms with Gasteiger partial charge in [0.1, 0.15) is 0 Å². The van der Waals surface area contributed by atoms with E-state index in [1.54, 1.807) is 0 Å². The molecule has 0 fully saturated rings. The zero-order valence-corrected chi connectivity index (χ0v) is 46.3. The fraction of sp³-hybridized carbons (Fsp3) is 0. The van der Waals surface area contributed by atoms with Crippen LogP contribution in [0.25, 0.3) is 144 Å². The molecule has 3 aromatic heterocycles. The maximum Gasteiger partial charge on any atom is 3.00 e. The molecule has 0 aliphatic heterocycles. The van der Waals surface area contributed by atoms with Crippen LogP contribution in [0.5, 0.6) is 0 Å². The van der Waals surface area contributed by atoms with E-state index < -0.39 is 0 Å². The van der Waals surface area contributed by atoms with Gasteiger partial charge < -0.3 is 15.0 Å². The average Bonchev–Trinajstić information content (AvgIpc) is 3.59. The Hall–Kier alpha value is -9.96. The van der Waals surface area contributed by atoms with Crippen molar-refractivity contribution in [3.05, 3.63) is 310 Å². The molecule has 0 N–H and O–H groups in total. The Morgan fingerprint density at radius 1 is 0.247 bits per heavy atom. The third kappa shape index (κ3) is 9.89. The summed E-state index contributed by atoms with van der Waals surface area (Å²) < 4.78 is 0. The Kier molecular flexibility index (Phi) is 14.0. The van der Waals surface area contributed by atoms with Crippen molar-refractivity contribution < 1.29 is 20.1 Å². The fourth-order valence-corrected chi connectivity index (χ4v) is 11.4. The maximum atomic E-state index is 5.09. The second kappa shape index (κ2) is 22.4. The second-order valence-electron chi connectivity index (χ2n) is 20.0. The standard InChI is InChI=1S/C77H48N3.Ir/c1-3-17-52(18-4-1)53-29-31-56(32-30-53)68-45-48-80-77-72(68)43-42-71-73(77)44-41-70(76(71)59-19-5-2-6-20-59)69-26-12-11-25-67(69)62-50-60(65-23-9-7-21-63(65)54-33-37-57(38-34-54)74-27-13-15-46-78-74)49-61(51-62)66-24-10-8-22-64(66)55-35-39-58(40-36-55)75-28-14-16-47-79-75;/h1-37,39,41-43,45-51H;/q-3;+3. The van der Waals surface area contributed by atoms with Crippen molar-refractivity contribution in [2.45, 2.75) is 0 Å². The topological polar surface area (TPSA) is 38.7 Å². The molecular weight excluding hydrogens is 1160 g/mol. The van der Waals surface area contributed by atoms with Crippen molar-refractivity contribution in [1.29, 1.82) is 0 Å². The van der Waals surface area contributed by atoms with Crippen LogP contribution in [0.15, 0.2) is 292 Å². The van der Waals surface area contributed by atoms with Crippen LogP contribution >= 0.6 is 0 Å². The first-order chi connectivity index (χ1) is 39.7. The quantitative estimate of drug-likeness (QED) is 0.0957. The van der Waals surface area contributed by atoms with Gasteiger partial charge in [-0.3, -0.25) is 0 Å². The van der Waals surface area contributed by atoms with Crippen LogP contribution in [0.2, 0.25) is 0 Å². The van der Waals surface area contributed by atoms with Crippen LogP contribution in [-0.2, 0) is 20.1 Å². The van der Waals surface area contributed by atoms with Crippen molar-refractivity contribution in [3.8, 4) is 123 Å². The van der Waals surface area contributed by atoms with E-state index in [4.69, 9.17) is 4.98 Å². The van der Waals surface area contributed by atoms with Crippen LogP contribution in [0.4, 0.5) is 0 Å². The molecule has 3 heterocycles. The summed E-state index contributed by atoms with van der Waals surface area (Å²) in [7, 11) is 0. The molecule has 0 spiro atoms. The molecule has 0 aliphatic rings. The minimum atomic E-state index is 0. The van der Waals surface area contributed by atoms with E-state index in [1.807, 2.05) is 55.0 Å². The minimum absolute atomic E-state index is 0. The molecule has 0 amide bonds.